The Hall–Kier alpha value is -0.330. The molecule has 0 aromatic carbocycles. The van der Waals surface area contributed by atoms with Gasteiger partial charge in [-0.15, -0.1) is 0 Å². The minimum atomic E-state index is 0.985. The molecule has 0 saturated heterocycles. The smallest absolute Gasteiger partial charge is 0.00477 e. The van der Waals surface area contributed by atoms with Crippen LogP contribution in [-0.2, 0) is 0 Å². The van der Waals surface area contributed by atoms with Gasteiger partial charge in [-0.3, -0.25) is 0 Å². The topological polar surface area (TPSA) is 23.9 Å². The Morgan fingerprint density at radius 2 is 0.640 bits per heavy atom. The van der Waals surface area contributed by atoms with Gasteiger partial charge >= 0.3 is 0 Å². The van der Waals surface area contributed by atoms with E-state index in [-0.39, 0.29) is 0 Å². The van der Waals surface area contributed by atoms with Gasteiger partial charge in [0.25, 0.3) is 0 Å². The van der Waals surface area contributed by atoms with Gasteiger partial charge in [-0.1, -0.05) is 135 Å². The second-order valence-electron chi connectivity index (χ2n) is 8.06. The lowest BCUT2D eigenvalue weighted by atomic mass is 10.0. The second-order valence-corrected chi connectivity index (χ2v) is 8.06. The molecule has 0 aromatic rings. The summed E-state index contributed by atoms with van der Waals surface area (Å²) in [4.78, 5) is 0. The van der Waals surface area contributed by atoms with E-state index in [0.717, 1.165) is 6.42 Å². The third-order valence-electron chi connectivity index (χ3n) is 5.45. The molecule has 0 aromatic heterocycles. The summed E-state index contributed by atoms with van der Waals surface area (Å²) in [6, 6.07) is 0. The van der Waals surface area contributed by atoms with Crippen molar-refractivity contribution in [3.8, 4) is 0 Å². The van der Waals surface area contributed by atoms with Crippen molar-refractivity contribution < 1.29 is 0 Å². The third-order valence-corrected chi connectivity index (χ3v) is 5.45. The van der Waals surface area contributed by atoms with Gasteiger partial charge in [0.1, 0.15) is 0 Å². The quantitative estimate of drug-likeness (QED) is 0.148. The summed E-state index contributed by atoms with van der Waals surface area (Å²) in [6.07, 6.45) is 32.7. The first-order valence-electron chi connectivity index (χ1n) is 11.9. The molecule has 0 fully saturated rings. The van der Waals surface area contributed by atoms with E-state index < -0.39 is 0 Å². The number of hydrogen-bond acceptors (Lipinski definition) is 1. The minimum absolute atomic E-state index is 0.985. The predicted molar refractivity (Wildman–Crippen MR) is 116 cm³/mol. The summed E-state index contributed by atoms with van der Waals surface area (Å²) >= 11 is 0. The third kappa shape index (κ3) is 23.7. The molecular weight excluding hydrogens is 302 g/mol. The van der Waals surface area contributed by atoms with E-state index in [4.69, 9.17) is 5.41 Å². The summed E-state index contributed by atoms with van der Waals surface area (Å²) in [5.41, 5.74) is 0. The zero-order chi connectivity index (χ0) is 18.3. The Bertz CT molecular complexity index is 236. The van der Waals surface area contributed by atoms with Crippen LogP contribution in [0.25, 0.3) is 0 Å². The molecule has 1 heteroatoms. The fourth-order valence-corrected chi connectivity index (χ4v) is 3.68. The van der Waals surface area contributed by atoms with Crippen molar-refractivity contribution in [1.29, 1.82) is 5.41 Å². The zero-order valence-electron chi connectivity index (χ0n) is 17.6. The van der Waals surface area contributed by atoms with E-state index in [2.05, 4.69) is 6.92 Å². The summed E-state index contributed by atoms with van der Waals surface area (Å²) in [5.74, 6) is 0. The first-order valence-corrected chi connectivity index (χ1v) is 11.9. The van der Waals surface area contributed by atoms with Gasteiger partial charge in [0.15, 0.2) is 0 Å². The monoisotopic (exact) mass is 351 g/mol. The largest absolute Gasteiger partial charge is 0.313 e. The molecule has 0 rings (SSSR count). The van der Waals surface area contributed by atoms with Crippen LogP contribution >= 0.6 is 0 Å². The van der Waals surface area contributed by atoms with Crippen LogP contribution in [0, 0.1) is 5.41 Å². The van der Waals surface area contributed by atoms with E-state index >= 15 is 0 Å². The van der Waals surface area contributed by atoms with Crippen LogP contribution in [0.2, 0.25) is 0 Å². The molecular formula is C24H49N. The number of rotatable bonds is 22. The second kappa shape index (κ2) is 23.7. The van der Waals surface area contributed by atoms with Crippen molar-refractivity contribution in [1.82, 2.24) is 0 Å². The van der Waals surface area contributed by atoms with Crippen LogP contribution in [0.3, 0.4) is 0 Å². The Balaban J connectivity index is 2.95. The van der Waals surface area contributed by atoms with Crippen LogP contribution in [0.1, 0.15) is 148 Å². The van der Waals surface area contributed by atoms with E-state index in [9.17, 15) is 0 Å². The normalized spacial score (nSPS) is 11.1. The van der Waals surface area contributed by atoms with Crippen LogP contribution in [0.15, 0.2) is 0 Å². The van der Waals surface area contributed by atoms with Gasteiger partial charge < -0.3 is 5.41 Å². The van der Waals surface area contributed by atoms with E-state index in [0.29, 0.717) is 0 Å². The molecule has 0 aliphatic carbocycles. The molecule has 1 N–H and O–H groups in total. The molecule has 0 amide bonds. The number of hydrogen-bond donors (Lipinski definition) is 1. The Labute approximate surface area is 160 Å². The average molecular weight is 352 g/mol. The predicted octanol–water partition coefficient (Wildman–Crippen LogP) is 9.24. The lowest BCUT2D eigenvalue weighted by Gasteiger charge is -2.04. The van der Waals surface area contributed by atoms with Crippen molar-refractivity contribution in [2.45, 2.75) is 148 Å². The molecule has 0 atom stereocenters. The maximum atomic E-state index is 6.99. The molecule has 0 aliphatic rings. The first kappa shape index (κ1) is 24.7. The maximum Gasteiger partial charge on any atom is -0.00477 e. The van der Waals surface area contributed by atoms with Gasteiger partial charge in [-0.2, -0.15) is 0 Å². The van der Waals surface area contributed by atoms with Crippen molar-refractivity contribution >= 4 is 6.21 Å². The van der Waals surface area contributed by atoms with Crippen molar-refractivity contribution in [3.05, 3.63) is 0 Å². The van der Waals surface area contributed by atoms with Crippen LogP contribution < -0.4 is 0 Å². The first-order chi connectivity index (χ1) is 12.4. The van der Waals surface area contributed by atoms with Gasteiger partial charge in [-0.05, 0) is 19.1 Å². The summed E-state index contributed by atoms with van der Waals surface area (Å²) in [5, 5.41) is 6.99. The highest BCUT2D eigenvalue weighted by molar-refractivity contribution is 5.52. The molecule has 0 saturated carbocycles. The summed E-state index contributed by atoms with van der Waals surface area (Å²) < 4.78 is 0. The molecule has 0 unspecified atom stereocenters. The van der Waals surface area contributed by atoms with Crippen molar-refractivity contribution in [3.63, 3.8) is 0 Å². The summed E-state index contributed by atoms with van der Waals surface area (Å²) in [6.45, 7) is 2.30. The molecule has 1 nitrogen and oxygen atoms in total. The zero-order valence-corrected chi connectivity index (χ0v) is 17.6. The molecule has 150 valence electrons. The van der Waals surface area contributed by atoms with Gasteiger partial charge in [0, 0.05) is 0 Å². The van der Waals surface area contributed by atoms with Crippen molar-refractivity contribution in [2.24, 2.45) is 0 Å². The molecule has 0 spiro atoms. The van der Waals surface area contributed by atoms with Crippen LogP contribution in [0.5, 0.6) is 0 Å². The SMILES string of the molecule is CCCCCCCCCCCCCCCCCCCCCCCC=N. The molecule has 0 heterocycles. The number of unbranched alkanes of at least 4 members (excludes halogenated alkanes) is 21. The van der Waals surface area contributed by atoms with Gasteiger partial charge in [0.2, 0.25) is 0 Å². The Morgan fingerprint density at radius 3 is 0.880 bits per heavy atom. The van der Waals surface area contributed by atoms with E-state index in [1.165, 1.54) is 135 Å². The lowest BCUT2D eigenvalue weighted by molar-refractivity contribution is 0.521. The Morgan fingerprint density at radius 1 is 0.400 bits per heavy atom. The highest BCUT2D eigenvalue weighted by atomic mass is 14.3. The standard InChI is InChI=1S/C24H49N/c1-2-3-4-5-6-7-8-9-10-11-12-13-14-15-16-17-18-19-20-21-22-23-24-25/h24-25H,2-23H2,1H3. The number of nitrogens with one attached hydrogen (secondary N) is 1. The lowest BCUT2D eigenvalue weighted by Crippen LogP contribution is -1.84. The minimum Gasteiger partial charge on any atom is -0.313 e. The van der Waals surface area contributed by atoms with Gasteiger partial charge in [-0.25, -0.2) is 0 Å². The average Bonchev–Trinajstić information content (AvgIpc) is 2.63. The van der Waals surface area contributed by atoms with Crippen LogP contribution in [0.4, 0.5) is 0 Å². The highest BCUT2D eigenvalue weighted by Crippen LogP contribution is 2.15. The molecule has 0 bridgehead atoms. The van der Waals surface area contributed by atoms with Crippen LogP contribution in [-0.4, -0.2) is 6.21 Å². The Kier molecular flexibility index (Phi) is 23.4. The highest BCUT2D eigenvalue weighted by Gasteiger charge is 1.95. The van der Waals surface area contributed by atoms with E-state index in [1.54, 1.807) is 6.21 Å². The maximum absolute atomic E-state index is 6.99. The van der Waals surface area contributed by atoms with Gasteiger partial charge in [0.05, 0.1) is 0 Å². The molecule has 0 aliphatic heterocycles. The summed E-state index contributed by atoms with van der Waals surface area (Å²) in [7, 11) is 0. The van der Waals surface area contributed by atoms with Crippen molar-refractivity contribution in [2.75, 3.05) is 0 Å². The fourth-order valence-electron chi connectivity index (χ4n) is 3.68. The van der Waals surface area contributed by atoms with E-state index in [1.807, 2.05) is 0 Å². The fraction of sp³-hybridized carbons (Fsp3) is 0.958. The molecule has 0 radical (unpaired) electrons. The molecule has 25 heavy (non-hydrogen) atoms.